The third-order valence-electron chi connectivity index (χ3n) is 2.84. The number of hydrogen-bond acceptors (Lipinski definition) is 5. The number of para-hydroxylation sites is 1. The van der Waals surface area contributed by atoms with E-state index in [2.05, 4.69) is 10.3 Å². The number of ether oxygens (including phenoxy) is 2. The number of carbonyl (C=O) groups is 1. The lowest BCUT2D eigenvalue weighted by molar-refractivity contribution is -0.125. The molecule has 1 heterocycles. The number of nitrogens with zero attached hydrogens (tertiary/aromatic N) is 1. The van der Waals surface area contributed by atoms with Crippen LogP contribution in [0, 0.1) is 6.92 Å². The van der Waals surface area contributed by atoms with Gasteiger partial charge in [0.2, 0.25) is 5.91 Å². The average Bonchev–Trinajstić information content (AvgIpc) is 2.93. The molecule has 0 spiro atoms. The van der Waals surface area contributed by atoms with Gasteiger partial charge in [-0.05, 0) is 19.1 Å². The lowest BCUT2D eigenvalue weighted by Gasteiger charge is -2.07. The number of benzene rings is 1. The fourth-order valence-electron chi connectivity index (χ4n) is 1.80. The molecule has 5 nitrogen and oxygen atoms in total. The Morgan fingerprint density at radius 2 is 2.09 bits per heavy atom. The van der Waals surface area contributed by atoms with Gasteiger partial charge in [-0.2, -0.15) is 0 Å². The predicted octanol–water partition coefficient (Wildman–Crippen LogP) is 2.21. The summed E-state index contributed by atoms with van der Waals surface area (Å²) in [7, 11) is 0. The Hall–Kier alpha value is -1.92. The molecule has 1 aromatic heterocycles. The predicted molar refractivity (Wildman–Crippen MR) is 86.3 cm³/mol. The minimum Gasteiger partial charge on any atom is -0.491 e. The third-order valence-corrected chi connectivity index (χ3v) is 3.66. The van der Waals surface area contributed by atoms with Crippen LogP contribution in [0.1, 0.15) is 10.7 Å². The second-order valence-corrected chi connectivity index (χ2v) is 5.73. The number of amides is 1. The van der Waals surface area contributed by atoms with E-state index in [1.54, 1.807) is 11.3 Å². The first-order valence-corrected chi connectivity index (χ1v) is 8.05. The van der Waals surface area contributed by atoms with Crippen LogP contribution in [0.15, 0.2) is 35.7 Å². The van der Waals surface area contributed by atoms with Crippen molar-refractivity contribution < 1.29 is 14.3 Å². The topological polar surface area (TPSA) is 60.5 Å². The van der Waals surface area contributed by atoms with Gasteiger partial charge >= 0.3 is 0 Å². The van der Waals surface area contributed by atoms with E-state index >= 15 is 0 Å². The number of rotatable bonds is 9. The largest absolute Gasteiger partial charge is 0.491 e. The van der Waals surface area contributed by atoms with E-state index < -0.39 is 0 Å². The van der Waals surface area contributed by atoms with E-state index in [1.807, 2.05) is 42.6 Å². The Balaban J connectivity index is 1.49. The minimum atomic E-state index is -0.119. The van der Waals surface area contributed by atoms with E-state index in [0.717, 1.165) is 22.9 Å². The van der Waals surface area contributed by atoms with Crippen LogP contribution in [0.25, 0.3) is 0 Å². The van der Waals surface area contributed by atoms with Gasteiger partial charge in [0, 0.05) is 18.3 Å². The zero-order valence-electron chi connectivity index (χ0n) is 12.6. The summed E-state index contributed by atoms with van der Waals surface area (Å²) in [6, 6.07) is 9.52. The molecule has 1 aromatic carbocycles. The number of nitrogens with one attached hydrogen (secondary N) is 1. The Kier molecular flexibility index (Phi) is 6.86. The maximum atomic E-state index is 11.6. The van der Waals surface area contributed by atoms with Crippen molar-refractivity contribution in [2.75, 3.05) is 26.4 Å². The van der Waals surface area contributed by atoms with Gasteiger partial charge in [-0.1, -0.05) is 18.2 Å². The van der Waals surface area contributed by atoms with Crippen LogP contribution in [0.5, 0.6) is 5.75 Å². The molecule has 0 fully saturated rings. The maximum Gasteiger partial charge on any atom is 0.246 e. The summed E-state index contributed by atoms with van der Waals surface area (Å²) in [6.45, 7) is 3.40. The van der Waals surface area contributed by atoms with Crippen LogP contribution in [-0.2, 0) is 16.0 Å². The molecule has 0 aliphatic carbocycles. The lowest BCUT2D eigenvalue weighted by Crippen LogP contribution is -2.30. The van der Waals surface area contributed by atoms with Gasteiger partial charge in [0.05, 0.1) is 17.3 Å². The highest BCUT2D eigenvalue weighted by Gasteiger charge is 2.03. The SMILES string of the molecule is Cc1nc(CCNC(=O)COCCOc2ccccc2)cs1. The van der Waals surface area contributed by atoms with Gasteiger partial charge in [0.25, 0.3) is 0 Å². The number of carbonyl (C=O) groups excluding carboxylic acids is 1. The summed E-state index contributed by atoms with van der Waals surface area (Å²) in [5.74, 6) is 0.681. The molecule has 0 bridgehead atoms. The monoisotopic (exact) mass is 320 g/mol. The van der Waals surface area contributed by atoms with Crippen molar-refractivity contribution in [3.8, 4) is 5.75 Å². The van der Waals surface area contributed by atoms with Gasteiger partial charge in [0.1, 0.15) is 19.0 Å². The standard InChI is InChI=1S/C16H20N2O3S/c1-13-18-14(12-22-13)7-8-17-16(19)11-20-9-10-21-15-5-3-2-4-6-15/h2-6,12H,7-11H2,1H3,(H,17,19). The first-order valence-electron chi connectivity index (χ1n) is 7.17. The summed E-state index contributed by atoms with van der Waals surface area (Å²) in [4.78, 5) is 15.9. The van der Waals surface area contributed by atoms with Crippen molar-refractivity contribution in [2.45, 2.75) is 13.3 Å². The van der Waals surface area contributed by atoms with Gasteiger partial charge in [-0.3, -0.25) is 4.79 Å². The van der Waals surface area contributed by atoms with Crippen molar-refractivity contribution in [1.29, 1.82) is 0 Å². The summed E-state index contributed by atoms with van der Waals surface area (Å²) in [5.41, 5.74) is 1.01. The summed E-state index contributed by atoms with van der Waals surface area (Å²) >= 11 is 1.62. The van der Waals surface area contributed by atoms with Crippen LogP contribution in [-0.4, -0.2) is 37.3 Å². The van der Waals surface area contributed by atoms with Crippen LogP contribution >= 0.6 is 11.3 Å². The number of aromatic nitrogens is 1. The Bertz CT molecular complexity index is 572. The maximum absolute atomic E-state index is 11.6. The van der Waals surface area contributed by atoms with Gasteiger partial charge < -0.3 is 14.8 Å². The zero-order chi connectivity index (χ0) is 15.6. The Morgan fingerprint density at radius 1 is 1.27 bits per heavy atom. The van der Waals surface area contributed by atoms with Crippen LogP contribution in [0.2, 0.25) is 0 Å². The molecular weight excluding hydrogens is 300 g/mol. The number of thiazole rings is 1. The summed E-state index contributed by atoms with van der Waals surface area (Å²) < 4.78 is 10.7. The van der Waals surface area contributed by atoms with Gasteiger partial charge in [-0.25, -0.2) is 4.98 Å². The highest BCUT2D eigenvalue weighted by atomic mass is 32.1. The summed E-state index contributed by atoms with van der Waals surface area (Å²) in [5, 5.41) is 5.87. The van der Waals surface area contributed by atoms with Crippen molar-refractivity contribution in [2.24, 2.45) is 0 Å². The third kappa shape index (κ3) is 6.24. The molecule has 0 unspecified atom stereocenters. The second-order valence-electron chi connectivity index (χ2n) is 4.67. The molecule has 0 aliphatic rings. The van der Waals surface area contributed by atoms with Gasteiger partial charge in [-0.15, -0.1) is 11.3 Å². The molecule has 1 amide bonds. The molecule has 2 aromatic rings. The molecule has 0 saturated carbocycles. The van der Waals surface area contributed by atoms with Crippen LogP contribution in [0.3, 0.4) is 0 Å². The average molecular weight is 320 g/mol. The molecular formula is C16H20N2O3S. The molecule has 22 heavy (non-hydrogen) atoms. The Labute approximate surface area is 134 Å². The molecule has 6 heteroatoms. The molecule has 2 rings (SSSR count). The Morgan fingerprint density at radius 3 is 2.82 bits per heavy atom. The smallest absolute Gasteiger partial charge is 0.246 e. The number of hydrogen-bond donors (Lipinski definition) is 1. The van der Waals surface area contributed by atoms with Crippen LogP contribution < -0.4 is 10.1 Å². The molecule has 1 N–H and O–H groups in total. The second kappa shape index (κ2) is 9.17. The molecule has 0 aliphatic heterocycles. The lowest BCUT2D eigenvalue weighted by atomic mass is 10.3. The van der Waals surface area contributed by atoms with E-state index in [0.29, 0.717) is 19.8 Å². The van der Waals surface area contributed by atoms with Crippen molar-refractivity contribution >= 4 is 17.2 Å². The highest BCUT2D eigenvalue weighted by molar-refractivity contribution is 7.09. The van der Waals surface area contributed by atoms with Crippen molar-refractivity contribution in [3.05, 3.63) is 46.4 Å². The van der Waals surface area contributed by atoms with Crippen LogP contribution in [0.4, 0.5) is 0 Å². The van der Waals surface area contributed by atoms with E-state index in [4.69, 9.17) is 9.47 Å². The normalized spacial score (nSPS) is 10.4. The number of aryl methyl sites for hydroxylation is 1. The quantitative estimate of drug-likeness (QED) is 0.720. The fourth-order valence-corrected chi connectivity index (χ4v) is 2.45. The van der Waals surface area contributed by atoms with Crippen molar-refractivity contribution in [1.82, 2.24) is 10.3 Å². The van der Waals surface area contributed by atoms with Crippen molar-refractivity contribution in [3.63, 3.8) is 0 Å². The van der Waals surface area contributed by atoms with Gasteiger partial charge in [0.15, 0.2) is 0 Å². The fraction of sp³-hybridized carbons (Fsp3) is 0.375. The molecule has 118 valence electrons. The highest BCUT2D eigenvalue weighted by Crippen LogP contribution is 2.08. The molecule has 0 atom stereocenters. The first kappa shape index (κ1) is 16.5. The van der Waals surface area contributed by atoms with E-state index in [9.17, 15) is 4.79 Å². The molecule has 0 saturated heterocycles. The summed E-state index contributed by atoms with van der Waals surface area (Å²) in [6.07, 6.45) is 0.743. The molecule has 0 radical (unpaired) electrons. The van der Waals surface area contributed by atoms with E-state index in [-0.39, 0.29) is 12.5 Å². The first-order chi connectivity index (χ1) is 10.7. The minimum absolute atomic E-state index is 0.0498. The van der Waals surface area contributed by atoms with E-state index in [1.165, 1.54) is 0 Å². The zero-order valence-corrected chi connectivity index (χ0v) is 13.4.